The fraction of sp³-hybridized carbons (Fsp3) is 0.929. The van der Waals surface area contributed by atoms with Crippen LogP contribution < -0.4 is 5.32 Å². The van der Waals surface area contributed by atoms with E-state index in [2.05, 4.69) is 37.9 Å². The summed E-state index contributed by atoms with van der Waals surface area (Å²) in [4.78, 5) is 14.4. The molecule has 0 aromatic heterocycles. The van der Waals surface area contributed by atoms with Crippen molar-refractivity contribution in [2.24, 2.45) is 5.41 Å². The van der Waals surface area contributed by atoms with Crippen LogP contribution in [0.4, 0.5) is 0 Å². The fourth-order valence-electron chi connectivity index (χ4n) is 3.29. The number of nitrogens with zero attached hydrogens (tertiary/aromatic N) is 1. The van der Waals surface area contributed by atoms with Gasteiger partial charge in [0.15, 0.2) is 0 Å². The highest BCUT2D eigenvalue weighted by molar-refractivity contribution is 5.84. The third-order valence-electron chi connectivity index (χ3n) is 4.16. The smallest absolute Gasteiger partial charge is 0.240 e. The highest BCUT2D eigenvalue weighted by atomic mass is 16.2. The van der Waals surface area contributed by atoms with Crippen molar-refractivity contribution in [3.05, 3.63) is 0 Å². The molecule has 1 aliphatic carbocycles. The Bertz CT molecular complexity index is 299. The van der Waals surface area contributed by atoms with Gasteiger partial charge in [0.05, 0.1) is 6.04 Å². The minimum Gasteiger partial charge on any atom is -0.338 e. The number of rotatable bonds is 3. The number of hydrogen-bond donors (Lipinski definition) is 1. The van der Waals surface area contributed by atoms with Gasteiger partial charge < -0.3 is 10.2 Å². The molecule has 1 aliphatic heterocycles. The number of amides is 1. The molecule has 2 fully saturated rings. The van der Waals surface area contributed by atoms with E-state index in [4.69, 9.17) is 0 Å². The lowest BCUT2D eigenvalue weighted by Crippen LogP contribution is -2.44. The molecular formula is C14H26N2O. The Morgan fingerprint density at radius 1 is 1.35 bits per heavy atom. The summed E-state index contributed by atoms with van der Waals surface area (Å²) >= 11 is 0. The van der Waals surface area contributed by atoms with Gasteiger partial charge in [0.25, 0.3) is 0 Å². The van der Waals surface area contributed by atoms with E-state index in [0.717, 1.165) is 13.0 Å². The molecule has 0 radical (unpaired) electrons. The largest absolute Gasteiger partial charge is 0.338 e. The van der Waals surface area contributed by atoms with Gasteiger partial charge in [-0.1, -0.05) is 27.7 Å². The van der Waals surface area contributed by atoms with Crippen LogP contribution in [0, 0.1) is 5.41 Å². The van der Waals surface area contributed by atoms with Crippen molar-refractivity contribution in [3.63, 3.8) is 0 Å². The molecule has 98 valence electrons. The summed E-state index contributed by atoms with van der Waals surface area (Å²) in [6, 6.07) is 0.957. The molecule has 2 unspecified atom stereocenters. The number of nitrogens with one attached hydrogen (secondary N) is 1. The van der Waals surface area contributed by atoms with E-state index in [1.54, 1.807) is 0 Å². The first-order valence-electron chi connectivity index (χ1n) is 6.95. The van der Waals surface area contributed by atoms with Gasteiger partial charge in [0, 0.05) is 18.6 Å². The highest BCUT2D eigenvalue weighted by Gasteiger charge is 2.41. The second-order valence-corrected chi connectivity index (χ2v) is 6.76. The van der Waals surface area contributed by atoms with Gasteiger partial charge >= 0.3 is 0 Å². The van der Waals surface area contributed by atoms with Crippen molar-refractivity contribution in [2.45, 2.75) is 71.5 Å². The highest BCUT2D eigenvalue weighted by Crippen LogP contribution is 2.40. The lowest BCUT2D eigenvalue weighted by Gasteiger charge is -2.26. The maximum atomic E-state index is 12.3. The van der Waals surface area contributed by atoms with Crippen LogP contribution in [0.25, 0.3) is 0 Å². The Morgan fingerprint density at radius 2 is 2.06 bits per heavy atom. The van der Waals surface area contributed by atoms with Gasteiger partial charge in [-0.05, 0) is 31.1 Å². The lowest BCUT2D eigenvalue weighted by atomic mass is 9.91. The normalized spacial score (nSPS) is 32.8. The Morgan fingerprint density at radius 3 is 2.59 bits per heavy atom. The molecular weight excluding hydrogens is 212 g/mol. The predicted octanol–water partition coefficient (Wildman–Crippen LogP) is 2.16. The van der Waals surface area contributed by atoms with Crippen LogP contribution >= 0.6 is 0 Å². The molecule has 1 saturated heterocycles. The van der Waals surface area contributed by atoms with Crippen LogP contribution in [0.2, 0.25) is 0 Å². The quantitative estimate of drug-likeness (QED) is 0.817. The molecule has 0 spiro atoms. The van der Waals surface area contributed by atoms with E-state index >= 15 is 0 Å². The van der Waals surface area contributed by atoms with Crippen molar-refractivity contribution in [1.82, 2.24) is 10.2 Å². The third kappa shape index (κ3) is 2.82. The van der Waals surface area contributed by atoms with Crippen LogP contribution in [0.5, 0.6) is 0 Å². The van der Waals surface area contributed by atoms with Gasteiger partial charge in [-0.3, -0.25) is 4.79 Å². The maximum Gasteiger partial charge on any atom is 0.240 e. The number of likely N-dealkylation sites (tertiary alicyclic amines) is 1. The molecule has 0 aromatic rings. The Kier molecular flexibility index (Phi) is 3.48. The summed E-state index contributed by atoms with van der Waals surface area (Å²) in [5.74, 6) is 0.335. The second-order valence-electron chi connectivity index (χ2n) is 6.76. The van der Waals surface area contributed by atoms with Crippen molar-refractivity contribution in [3.8, 4) is 0 Å². The van der Waals surface area contributed by atoms with Gasteiger partial charge in [0.2, 0.25) is 5.91 Å². The summed E-state index contributed by atoms with van der Waals surface area (Å²) in [5.41, 5.74) is 0.425. The zero-order valence-electron chi connectivity index (χ0n) is 11.6. The molecule has 2 atom stereocenters. The van der Waals surface area contributed by atoms with Crippen molar-refractivity contribution >= 4 is 5.91 Å². The Balaban J connectivity index is 1.94. The van der Waals surface area contributed by atoms with Gasteiger partial charge in [0.1, 0.15) is 0 Å². The Hall–Kier alpha value is -0.570. The zero-order valence-corrected chi connectivity index (χ0v) is 11.6. The van der Waals surface area contributed by atoms with Crippen molar-refractivity contribution in [1.29, 1.82) is 0 Å². The first-order valence-corrected chi connectivity index (χ1v) is 6.95. The van der Waals surface area contributed by atoms with Crippen LogP contribution in [0.3, 0.4) is 0 Å². The average molecular weight is 238 g/mol. The van der Waals surface area contributed by atoms with Crippen LogP contribution in [-0.4, -0.2) is 35.5 Å². The van der Waals surface area contributed by atoms with E-state index < -0.39 is 0 Å². The summed E-state index contributed by atoms with van der Waals surface area (Å²) in [5, 5.41) is 3.37. The molecule has 1 saturated carbocycles. The van der Waals surface area contributed by atoms with Crippen LogP contribution in [0.1, 0.15) is 53.4 Å². The van der Waals surface area contributed by atoms with Gasteiger partial charge in [-0.15, -0.1) is 0 Å². The SMILES string of the molecule is CC(C)NC1CCN(C2CCC(C)(C)C2)C1=O. The first-order chi connectivity index (χ1) is 7.89. The van der Waals surface area contributed by atoms with Gasteiger partial charge in [-0.25, -0.2) is 0 Å². The molecule has 0 bridgehead atoms. The average Bonchev–Trinajstić information content (AvgIpc) is 2.71. The molecule has 1 N–H and O–H groups in total. The molecule has 17 heavy (non-hydrogen) atoms. The summed E-state index contributed by atoms with van der Waals surface area (Å²) in [6.45, 7) is 9.79. The van der Waals surface area contributed by atoms with Crippen molar-refractivity contribution < 1.29 is 4.79 Å². The van der Waals surface area contributed by atoms with E-state index in [-0.39, 0.29) is 6.04 Å². The third-order valence-corrected chi connectivity index (χ3v) is 4.16. The standard InChI is InChI=1S/C14H26N2O/c1-10(2)15-12-6-8-16(13(12)17)11-5-7-14(3,4)9-11/h10-12,15H,5-9H2,1-4H3. The molecule has 3 heteroatoms. The molecule has 0 aromatic carbocycles. The maximum absolute atomic E-state index is 12.3. The Labute approximate surface area is 105 Å². The predicted molar refractivity (Wildman–Crippen MR) is 69.8 cm³/mol. The summed E-state index contributed by atoms with van der Waals surface area (Å²) in [6.07, 6.45) is 4.60. The van der Waals surface area contributed by atoms with Crippen LogP contribution in [-0.2, 0) is 4.79 Å². The second kappa shape index (κ2) is 4.60. The fourth-order valence-corrected chi connectivity index (χ4v) is 3.29. The number of carbonyl (C=O) groups excluding carboxylic acids is 1. The van der Waals surface area contributed by atoms with Gasteiger partial charge in [-0.2, -0.15) is 0 Å². The number of hydrogen-bond acceptors (Lipinski definition) is 2. The molecule has 3 nitrogen and oxygen atoms in total. The van der Waals surface area contributed by atoms with E-state index in [1.165, 1.54) is 19.3 Å². The minimum atomic E-state index is 0.0683. The first kappa shape index (κ1) is 12.9. The lowest BCUT2D eigenvalue weighted by molar-refractivity contribution is -0.131. The monoisotopic (exact) mass is 238 g/mol. The zero-order chi connectivity index (χ0) is 12.6. The van der Waals surface area contributed by atoms with E-state index in [0.29, 0.717) is 23.4 Å². The van der Waals surface area contributed by atoms with Crippen LogP contribution in [0.15, 0.2) is 0 Å². The van der Waals surface area contributed by atoms with E-state index in [1.807, 2.05) is 0 Å². The minimum absolute atomic E-state index is 0.0683. The van der Waals surface area contributed by atoms with E-state index in [9.17, 15) is 4.79 Å². The molecule has 2 rings (SSSR count). The molecule has 1 amide bonds. The number of carbonyl (C=O) groups is 1. The molecule has 1 heterocycles. The van der Waals surface area contributed by atoms with Crippen molar-refractivity contribution in [2.75, 3.05) is 6.54 Å². The summed E-state index contributed by atoms with van der Waals surface area (Å²) < 4.78 is 0. The molecule has 2 aliphatic rings. The topological polar surface area (TPSA) is 32.3 Å². The summed E-state index contributed by atoms with van der Waals surface area (Å²) in [7, 11) is 0.